The van der Waals surface area contributed by atoms with Crippen LogP contribution in [0.2, 0.25) is 0 Å². The number of benzene rings is 2. The van der Waals surface area contributed by atoms with Crippen molar-refractivity contribution < 1.29 is 14.4 Å². The third-order valence-corrected chi connectivity index (χ3v) is 6.15. The van der Waals surface area contributed by atoms with Crippen LogP contribution in [-0.2, 0) is 22.6 Å². The van der Waals surface area contributed by atoms with Crippen molar-refractivity contribution in [3.8, 4) is 0 Å². The number of likely N-dealkylation sites (tertiary alicyclic amines) is 1. The fourth-order valence-corrected chi connectivity index (χ4v) is 4.23. The normalized spacial score (nSPS) is 18.0. The first-order valence-electron chi connectivity index (χ1n) is 10.5. The Morgan fingerprint density at radius 2 is 1.63 bits per heavy atom. The molecular weight excluding hydrogens is 378 g/mol. The molecule has 0 radical (unpaired) electrons. The first kappa shape index (κ1) is 20.1. The van der Waals surface area contributed by atoms with Crippen molar-refractivity contribution in [2.75, 3.05) is 13.1 Å². The van der Waals surface area contributed by atoms with Gasteiger partial charge < -0.3 is 10.2 Å². The molecule has 1 N–H and O–H groups in total. The molecule has 156 valence electrons. The van der Waals surface area contributed by atoms with Crippen LogP contribution < -0.4 is 5.32 Å². The fourth-order valence-electron chi connectivity index (χ4n) is 4.23. The standard InChI is InChI=1S/C24H27N3O3/c1-18-7-9-20(10-8-18)17-27-22(29)24(25-23(27)30)13-15-26(16-14-24)21(28)12-11-19-5-3-2-4-6-19/h2-10H,11-17H2,1H3,(H,25,30). The lowest BCUT2D eigenvalue weighted by Gasteiger charge is -2.37. The van der Waals surface area contributed by atoms with Gasteiger partial charge in [-0.15, -0.1) is 0 Å². The minimum atomic E-state index is -0.877. The largest absolute Gasteiger partial charge is 0.342 e. The van der Waals surface area contributed by atoms with Crippen LogP contribution in [0, 0.1) is 6.92 Å². The minimum absolute atomic E-state index is 0.0991. The van der Waals surface area contributed by atoms with Gasteiger partial charge >= 0.3 is 6.03 Å². The van der Waals surface area contributed by atoms with E-state index in [0.717, 1.165) is 16.7 Å². The van der Waals surface area contributed by atoms with Crippen LogP contribution in [0.4, 0.5) is 4.79 Å². The number of carbonyl (C=O) groups excluding carboxylic acids is 3. The van der Waals surface area contributed by atoms with Crippen LogP contribution in [0.5, 0.6) is 0 Å². The number of hydrogen-bond donors (Lipinski definition) is 1. The summed E-state index contributed by atoms with van der Waals surface area (Å²) in [6, 6.07) is 17.4. The van der Waals surface area contributed by atoms with Crippen LogP contribution in [0.3, 0.4) is 0 Å². The molecule has 0 aliphatic carbocycles. The maximum atomic E-state index is 13.1. The Morgan fingerprint density at radius 1 is 0.967 bits per heavy atom. The van der Waals surface area contributed by atoms with Crippen molar-refractivity contribution in [1.82, 2.24) is 15.1 Å². The predicted octanol–water partition coefficient (Wildman–Crippen LogP) is 3.04. The van der Waals surface area contributed by atoms with E-state index in [1.165, 1.54) is 4.90 Å². The summed E-state index contributed by atoms with van der Waals surface area (Å²) in [6.45, 7) is 3.24. The third-order valence-electron chi connectivity index (χ3n) is 6.15. The van der Waals surface area contributed by atoms with E-state index in [-0.39, 0.29) is 24.4 Å². The Labute approximate surface area is 176 Å². The zero-order valence-electron chi connectivity index (χ0n) is 17.3. The summed E-state index contributed by atoms with van der Waals surface area (Å²) < 4.78 is 0. The maximum Gasteiger partial charge on any atom is 0.325 e. The predicted molar refractivity (Wildman–Crippen MR) is 114 cm³/mol. The number of nitrogens with one attached hydrogen (secondary N) is 1. The average Bonchev–Trinajstić information content (AvgIpc) is 2.99. The summed E-state index contributed by atoms with van der Waals surface area (Å²) in [5.41, 5.74) is 2.33. The maximum absolute atomic E-state index is 13.1. The SMILES string of the molecule is Cc1ccc(CN2C(=O)NC3(CCN(C(=O)CCc4ccccc4)CC3)C2=O)cc1. The number of urea groups is 1. The number of piperidine rings is 1. The van der Waals surface area contributed by atoms with Gasteiger partial charge in [0, 0.05) is 19.5 Å². The first-order valence-corrected chi connectivity index (χ1v) is 10.5. The van der Waals surface area contributed by atoms with Gasteiger partial charge in [0.2, 0.25) is 5.91 Å². The lowest BCUT2D eigenvalue weighted by Crippen LogP contribution is -2.55. The summed E-state index contributed by atoms with van der Waals surface area (Å²) in [4.78, 5) is 41.3. The first-order chi connectivity index (χ1) is 14.5. The minimum Gasteiger partial charge on any atom is -0.342 e. The monoisotopic (exact) mass is 405 g/mol. The van der Waals surface area contributed by atoms with Crippen LogP contribution in [-0.4, -0.2) is 46.3 Å². The van der Waals surface area contributed by atoms with Crippen molar-refractivity contribution >= 4 is 17.8 Å². The Balaban J connectivity index is 1.34. The summed E-state index contributed by atoms with van der Waals surface area (Å²) >= 11 is 0. The van der Waals surface area contributed by atoms with Gasteiger partial charge in [0.1, 0.15) is 5.54 Å². The van der Waals surface area contributed by atoms with E-state index >= 15 is 0 Å². The number of hydrogen-bond acceptors (Lipinski definition) is 3. The van der Waals surface area contributed by atoms with Crippen molar-refractivity contribution in [2.45, 2.75) is 44.7 Å². The molecule has 2 fully saturated rings. The molecular formula is C24H27N3O3. The molecule has 6 heteroatoms. The number of nitrogens with zero attached hydrogens (tertiary/aromatic N) is 2. The smallest absolute Gasteiger partial charge is 0.325 e. The Hall–Kier alpha value is -3.15. The second kappa shape index (κ2) is 8.30. The Bertz CT molecular complexity index is 932. The van der Waals surface area contributed by atoms with Crippen LogP contribution in [0.1, 0.15) is 36.0 Å². The molecule has 0 saturated carbocycles. The van der Waals surface area contributed by atoms with E-state index in [4.69, 9.17) is 0 Å². The zero-order chi connectivity index (χ0) is 21.1. The van der Waals surface area contributed by atoms with Crippen LogP contribution in [0.25, 0.3) is 0 Å². The van der Waals surface area contributed by atoms with Gasteiger partial charge in [-0.2, -0.15) is 0 Å². The molecule has 0 unspecified atom stereocenters. The Kier molecular flexibility index (Phi) is 5.57. The molecule has 2 saturated heterocycles. The molecule has 2 heterocycles. The fraction of sp³-hybridized carbons (Fsp3) is 0.375. The van der Waals surface area contributed by atoms with E-state index < -0.39 is 5.54 Å². The second-order valence-electron chi connectivity index (χ2n) is 8.26. The highest BCUT2D eigenvalue weighted by Gasteiger charge is 2.52. The molecule has 2 aliphatic heterocycles. The summed E-state index contributed by atoms with van der Waals surface area (Å²) in [7, 11) is 0. The zero-order valence-corrected chi connectivity index (χ0v) is 17.3. The van der Waals surface area contributed by atoms with Crippen molar-refractivity contribution in [3.63, 3.8) is 0 Å². The van der Waals surface area contributed by atoms with Gasteiger partial charge in [0.25, 0.3) is 5.91 Å². The van der Waals surface area contributed by atoms with E-state index in [0.29, 0.717) is 38.8 Å². The van der Waals surface area contributed by atoms with Gasteiger partial charge in [-0.1, -0.05) is 60.2 Å². The van der Waals surface area contributed by atoms with Crippen LogP contribution in [0.15, 0.2) is 54.6 Å². The average molecular weight is 405 g/mol. The molecule has 1 spiro atoms. The molecule has 30 heavy (non-hydrogen) atoms. The summed E-state index contributed by atoms with van der Waals surface area (Å²) in [6.07, 6.45) is 2.08. The summed E-state index contributed by atoms with van der Waals surface area (Å²) in [5.74, 6) is -0.0774. The molecule has 2 aromatic rings. The highest BCUT2D eigenvalue weighted by Crippen LogP contribution is 2.30. The lowest BCUT2D eigenvalue weighted by molar-refractivity contribution is -0.138. The molecule has 2 aromatic carbocycles. The summed E-state index contributed by atoms with van der Waals surface area (Å²) in [5, 5.41) is 2.92. The van der Waals surface area contributed by atoms with E-state index in [2.05, 4.69) is 5.32 Å². The topological polar surface area (TPSA) is 69.7 Å². The quantitative estimate of drug-likeness (QED) is 0.778. The van der Waals surface area contributed by atoms with Gasteiger partial charge in [-0.3, -0.25) is 14.5 Å². The molecule has 4 amide bonds. The Morgan fingerprint density at radius 3 is 2.30 bits per heavy atom. The van der Waals surface area contributed by atoms with Crippen molar-refractivity contribution in [2.24, 2.45) is 0 Å². The molecule has 6 nitrogen and oxygen atoms in total. The second-order valence-corrected chi connectivity index (χ2v) is 8.26. The number of amides is 4. The molecule has 4 rings (SSSR count). The van der Waals surface area contributed by atoms with Gasteiger partial charge in [0.05, 0.1) is 6.54 Å². The highest BCUT2D eigenvalue weighted by molar-refractivity contribution is 6.07. The van der Waals surface area contributed by atoms with Crippen molar-refractivity contribution in [3.05, 3.63) is 71.3 Å². The van der Waals surface area contributed by atoms with Crippen molar-refractivity contribution in [1.29, 1.82) is 0 Å². The van der Waals surface area contributed by atoms with Gasteiger partial charge in [-0.25, -0.2) is 4.79 Å². The highest BCUT2D eigenvalue weighted by atomic mass is 16.2. The molecule has 2 aliphatic rings. The number of carbonyl (C=O) groups is 3. The lowest BCUT2D eigenvalue weighted by atomic mass is 9.87. The van der Waals surface area contributed by atoms with E-state index in [9.17, 15) is 14.4 Å². The molecule has 0 atom stereocenters. The van der Waals surface area contributed by atoms with Gasteiger partial charge in [0.15, 0.2) is 0 Å². The number of rotatable bonds is 5. The van der Waals surface area contributed by atoms with E-state index in [1.54, 1.807) is 0 Å². The molecule has 0 aromatic heterocycles. The number of aryl methyl sites for hydroxylation is 2. The van der Waals surface area contributed by atoms with Crippen LogP contribution >= 0.6 is 0 Å². The molecule has 0 bridgehead atoms. The van der Waals surface area contributed by atoms with Gasteiger partial charge in [-0.05, 0) is 37.3 Å². The van der Waals surface area contributed by atoms with E-state index in [1.807, 2.05) is 66.4 Å². The number of imide groups is 1. The third kappa shape index (κ3) is 4.08.